The molecule has 0 aliphatic heterocycles. The molecule has 88 valence electrons. The molecule has 2 heteroatoms. The molecule has 0 bridgehead atoms. The maximum Gasteiger partial charge on any atom is 0.166 e. The molecule has 0 unspecified atom stereocenters. The van der Waals surface area contributed by atoms with E-state index in [9.17, 15) is 4.79 Å². The van der Waals surface area contributed by atoms with E-state index in [1.165, 1.54) is 0 Å². The van der Waals surface area contributed by atoms with Gasteiger partial charge in [-0.05, 0) is 32.4 Å². The van der Waals surface area contributed by atoms with E-state index in [1.54, 1.807) is 0 Å². The van der Waals surface area contributed by atoms with Gasteiger partial charge in [-0.15, -0.1) is 0 Å². The number of hydrogen-bond acceptors (Lipinski definition) is 2. The molecule has 0 aromatic heterocycles. The topological polar surface area (TPSA) is 26.3 Å². The Hall–Kier alpha value is -1.31. The molecule has 0 aliphatic carbocycles. The molecule has 1 rings (SSSR count). The molecule has 0 saturated heterocycles. The Bertz CT molecular complexity index is 356. The third-order valence-corrected chi connectivity index (χ3v) is 2.49. The Morgan fingerprint density at radius 1 is 1.31 bits per heavy atom. The zero-order valence-corrected chi connectivity index (χ0v) is 10.4. The van der Waals surface area contributed by atoms with Gasteiger partial charge in [0.1, 0.15) is 5.75 Å². The molecule has 0 amide bonds. The maximum absolute atomic E-state index is 12.0. The first-order valence-corrected chi connectivity index (χ1v) is 5.95. The van der Waals surface area contributed by atoms with Gasteiger partial charge in [0.15, 0.2) is 5.78 Å². The summed E-state index contributed by atoms with van der Waals surface area (Å²) in [6.07, 6.45) is 2.60. The fourth-order valence-electron chi connectivity index (χ4n) is 1.62. The van der Waals surface area contributed by atoms with Crippen LogP contribution in [0.4, 0.5) is 0 Å². The minimum atomic E-state index is 0.189. The highest BCUT2D eigenvalue weighted by molar-refractivity contribution is 5.98. The van der Waals surface area contributed by atoms with Crippen molar-refractivity contribution in [3.63, 3.8) is 0 Å². The third-order valence-electron chi connectivity index (χ3n) is 2.49. The number of carbonyl (C=O) groups is 1. The van der Waals surface area contributed by atoms with Gasteiger partial charge in [0.2, 0.25) is 0 Å². The zero-order valence-electron chi connectivity index (χ0n) is 10.4. The second kappa shape index (κ2) is 6.31. The maximum atomic E-state index is 12.0. The van der Waals surface area contributed by atoms with Crippen molar-refractivity contribution in [2.75, 3.05) is 6.61 Å². The van der Waals surface area contributed by atoms with Crippen molar-refractivity contribution in [2.24, 2.45) is 0 Å². The minimum absolute atomic E-state index is 0.189. The Balaban J connectivity index is 2.90. The van der Waals surface area contributed by atoms with E-state index < -0.39 is 0 Å². The molecule has 0 atom stereocenters. The van der Waals surface area contributed by atoms with Crippen molar-refractivity contribution in [1.82, 2.24) is 0 Å². The second-order valence-corrected chi connectivity index (χ2v) is 3.96. The monoisotopic (exact) mass is 220 g/mol. The summed E-state index contributed by atoms with van der Waals surface area (Å²) in [6.45, 7) is 6.61. The van der Waals surface area contributed by atoms with Crippen molar-refractivity contribution in [3.05, 3.63) is 29.3 Å². The summed E-state index contributed by atoms with van der Waals surface area (Å²) in [5.41, 5.74) is 1.83. The quantitative estimate of drug-likeness (QED) is 0.682. The van der Waals surface area contributed by atoms with Crippen LogP contribution in [0, 0.1) is 6.92 Å². The van der Waals surface area contributed by atoms with E-state index in [0.717, 1.165) is 24.0 Å². The first-order valence-electron chi connectivity index (χ1n) is 5.95. The molecule has 16 heavy (non-hydrogen) atoms. The van der Waals surface area contributed by atoms with Gasteiger partial charge in [-0.25, -0.2) is 0 Å². The standard InChI is InChI=1S/C14H20O2/c1-4-6-7-13(15)12-10-11(3)8-9-14(12)16-5-2/h8-10H,4-7H2,1-3H3. The summed E-state index contributed by atoms with van der Waals surface area (Å²) in [5, 5.41) is 0. The normalized spacial score (nSPS) is 10.2. The number of rotatable bonds is 6. The van der Waals surface area contributed by atoms with E-state index in [1.807, 2.05) is 32.0 Å². The lowest BCUT2D eigenvalue weighted by molar-refractivity contribution is 0.0976. The highest BCUT2D eigenvalue weighted by Gasteiger charge is 2.11. The van der Waals surface area contributed by atoms with Crippen LogP contribution in [-0.2, 0) is 0 Å². The van der Waals surface area contributed by atoms with E-state index in [2.05, 4.69) is 6.92 Å². The molecule has 0 spiro atoms. The predicted octanol–water partition coefficient (Wildman–Crippen LogP) is 3.77. The van der Waals surface area contributed by atoms with E-state index in [0.29, 0.717) is 18.8 Å². The number of ketones is 1. The molecule has 0 N–H and O–H groups in total. The van der Waals surface area contributed by atoms with Crippen LogP contribution < -0.4 is 4.74 Å². The molecule has 2 nitrogen and oxygen atoms in total. The third kappa shape index (κ3) is 3.37. The van der Waals surface area contributed by atoms with E-state index in [4.69, 9.17) is 4.74 Å². The van der Waals surface area contributed by atoms with Crippen LogP contribution in [-0.4, -0.2) is 12.4 Å². The van der Waals surface area contributed by atoms with Crippen LogP contribution in [0.1, 0.15) is 49.0 Å². The SMILES string of the molecule is CCCCC(=O)c1cc(C)ccc1OCC. The van der Waals surface area contributed by atoms with Gasteiger partial charge in [0, 0.05) is 6.42 Å². The number of carbonyl (C=O) groups excluding carboxylic acids is 1. The summed E-state index contributed by atoms with van der Waals surface area (Å²) >= 11 is 0. The highest BCUT2D eigenvalue weighted by Crippen LogP contribution is 2.22. The summed E-state index contributed by atoms with van der Waals surface area (Å²) in [4.78, 5) is 12.0. The van der Waals surface area contributed by atoms with Gasteiger partial charge in [-0.3, -0.25) is 4.79 Å². The van der Waals surface area contributed by atoms with Gasteiger partial charge in [-0.1, -0.05) is 25.0 Å². The van der Waals surface area contributed by atoms with Gasteiger partial charge >= 0.3 is 0 Å². The lowest BCUT2D eigenvalue weighted by Gasteiger charge is -2.10. The van der Waals surface area contributed by atoms with Crippen molar-refractivity contribution in [3.8, 4) is 5.75 Å². The number of benzene rings is 1. The molecule has 0 aliphatic rings. The number of aryl methyl sites for hydroxylation is 1. The minimum Gasteiger partial charge on any atom is -0.493 e. The fourth-order valence-corrected chi connectivity index (χ4v) is 1.62. The van der Waals surface area contributed by atoms with Crippen LogP contribution in [0.5, 0.6) is 5.75 Å². The van der Waals surface area contributed by atoms with Crippen LogP contribution in [0.15, 0.2) is 18.2 Å². The van der Waals surface area contributed by atoms with E-state index >= 15 is 0 Å². The largest absolute Gasteiger partial charge is 0.493 e. The Kier molecular flexibility index (Phi) is 5.03. The molecule has 0 fully saturated rings. The number of ether oxygens (including phenoxy) is 1. The van der Waals surface area contributed by atoms with Crippen LogP contribution >= 0.6 is 0 Å². The smallest absolute Gasteiger partial charge is 0.166 e. The molecular formula is C14H20O2. The van der Waals surface area contributed by atoms with Gasteiger partial charge in [0.25, 0.3) is 0 Å². The average Bonchev–Trinajstić information content (AvgIpc) is 2.28. The van der Waals surface area contributed by atoms with Crippen LogP contribution in [0.3, 0.4) is 0 Å². The number of Topliss-reactive ketones (excluding diaryl/α,β-unsaturated/α-hetero) is 1. The lowest BCUT2D eigenvalue weighted by Crippen LogP contribution is -2.04. The Morgan fingerprint density at radius 2 is 2.06 bits per heavy atom. The summed E-state index contributed by atoms with van der Waals surface area (Å²) in [6, 6.07) is 5.78. The highest BCUT2D eigenvalue weighted by atomic mass is 16.5. The fraction of sp³-hybridized carbons (Fsp3) is 0.500. The predicted molar refractivity (Wildman–Crippen MR) is 66.2 cm³/mol. The second-order valence-electron chi connectivity index (χ2n) is 3.96. The first-order chi connectivity index (χ1) is 7.69. The van der Waals surface area contributed by atoms with Gasteiger partial charge in [-0.2, -0.15) is 0 Å². The molecule has 0 saturated carbocycles. The molecule has 1 aromatic carbocycles. The number of unbranched alkanes of at least 4 members (excludes halogenated alkanes) is 1. The lowest BCUT2D eigenvalue weighted by atomic mass is 10.0. The van der Waals surface area contributed by atoms with E-state index in [-0.39, 0.29) is 5.78 Å². The molecular weight excluding hydrogens is 200 g/mol. The molecule has 0 heterocycles. The van der Waals surface area contributed by atoms with Gasteiger partial charge < -0.3 is 4.74 Å². The van der Waals surface area contributed by atoms with Crippen molar-refractivity contribution in [2.45, 2.75) is 40.0 Å². The van der Waals surface area contributed by atoms with Crippen LogP contribution in [0.2, 0.25) is 0 Å². The van der Waals surface area contributed by atoms with Crippen LogP contribution in [0.25, 0.3) is 0 Å². The summed E-state index contributed by atoms with van der Waals surface area (Å²) in [5.74, 6) is 0.906. The molecule has 0 radical (unpaired) electrons. The average molecular weight is 220 g/mol. The molecule has 1 aromatic rings. The zero-order chi connectivity index (χ0) is 12.0. The Labute approximate surface area is 97.6 Å². The Morgan fingerprint density at radius 3 is 2.69 bits per heavy atom. The van der Waals surface area contributed by atoms with Crippen molar-refractivity contribution in [1.29, 1.82) is 0 Å². The first kappa shape index (κ1) is 12.8. The summed E-state index contributed by atoms with van der Waals surface area (Å²) < 4.78 is 5.47. The van der Waals surface area contributed by atoms with Gasteiger partial charge in [0.05, 0.1) is 12.2 Å². The van der Waals surface area contributed by atoms with Crippen molar-refractivity contribution >= 4 is 5.78 Å². The summed E-state index contributed by atoms with van der Waals surface area (Å²) in [7, 11) is 0. The van der Waals surface area contributed by atoms with Crippen molar-refractivity contribution < 1.29 is 9.53 Å². The number of hydrogen-bond donors (Lipinski definition) is 0.